The van der Waals surface area contributed by atoms with Gasteiger partial charge in [0.25, 0.3) is 0 Å². The summed E-state index contributed by atoms with van der Waals surface area (Å²) in [5.74, 6) is 0.414. The zero-order valence-electron chi connectivity index (χ0n) is 10.8. The average Bonchev–Trinajstić information content (AvgIpc) is 2.89. The second-order valence-electron chi connectivity index (χ2n) is 4.55. The highest BCUT2D eigenvalue weighted by Crippen LogP contribution is 2.31. The van der Waals surface area contributed by atoms with Gasteiger partial charge in [-0.05, 0) is 19.3 Å². The lowest BCUT2D eigenvalue weighted by atomic mass is 10.3. The third-order valence-electron chi connectivity index (χ3n) is 2.97. The van der Waals surface area contributed by atoms with Gasteiger partial charge in [0.15, 0.2) is 5.69 Å². The summed E-state index contributed by atoms with van der Waals surface area (Å²) in [6, 6.07) is 1.03. The van der Waals surface area contributed by atoms with Crippen LogP contribution in [0.2, 0.25) is 0 Å². The Hall–Kier alpha value is -1.53. The van der Waals surface area contributed by atoms with Gasteiger partial charge < -0.3 is 10.2 Å². The predicted molar refractivity (Wildman–Crippen MR) is 67.3 cm³/mol. The van der Waals surface area contributed by atoms with E-state index in [1.54, 1.807) is 0 Å². The minimum absolute atomic E-state index is 0.0542. The second-order valence-corrected chi connectivity index (χ2v) is 4.55. The number of alkyl halides is 3. The molecule has 0 amide bonds. The summed E-state index contributed by atoms with van der Waals surface area (Å²) in [4.78, 5) is 9.58. The van der Waals surface area contributed by atoms with Crippen LogP contribution in [0.25, 0.3) is 0 Å². The van der Waals surface area contributed by atoms with Crippen molar-refractivity contribution in [2.45, 2.75) is 32.4 Å². The largest absolute Gasteiger partial charge is 0.433 e. The fraction of sp³-hybridized carbons (Fsp3) is 0.667. The van der Waals surface area contributed by atoms with Crippen molar-refractivity contribution in [3.05, 3.63) is 11.8 Å². The molecule has 0 aromatic carbocycles. The summed E-state index contributed by atoms with van der Waals surface area (Å²) in [5.41, 5.74) is -0.886. The standard InChI is InChI=1S/C12H17F3N4/c1-2-5-16-11-17-9(12(13,14)15)8-10(18-11)19-6-3-4-7-19/h8H,2-7H2,1H3,(H,16,17,18). The predicted octanol–water partition coefficient (Wildman–Crippen LogP) is 2.92. The van der Waals surface area contributed by atoms with E-state index in [4.69, 9.17) is 0 Å². The van der Waals surface area contributed by atoms with E-state index in [-0.39, 0.29) is 5.95 Å². The Labute approximate surface area is 110 Å². The first-order chi connectivity index (χ1) is 9.00. The van der Waals surface area contributed by atoms with Crippen molar-refractivity contribution in [2.75, 3.05) is 29.9 Å². The van der Waals surface area contributed by atoms with Crippen molar-refractivity contribution in [1.82, 2.24) is 9.97 Å². The number of halogens is 3. The summed E-state index contributed by atoms with van der Waals surface area (Å²) in [6.45, 7) is 3.99. The van der Waals surface area contributed by atoms with Gasteiger partial charge in [-0.3, -0.25) is 0 Å². The Kier molecular flexibility index (Phi) is 4.11. The first-order valence-corrected chi connectivity index (χ1v) is 6.46. The molecule has 0 saturated carbocycles. The molecule has 1 aliphatic rings. The SMILES string of the molecule is CCCNc1nc(N2CCCC2)cc(C(F)(F)F)n1. The van der Waals surface area contributed by atoms with E-state index in [2.05, 4.69) is 15.3 Å². The van der Waals surface area contributed by atoms with Crippen molar-refractivity contribution in [1.29, 1.82) is 0 Å². The first-order valence-electron chi connectivity index (χ1n) is 6.46. The van der Waals surface area contributed by atoms with E-state index in [0.29, 0.717) is 12.4 Å². The Morgan fingerprint density at radius 1 is 1.26 bits per heavy atom. The Balaban J connectivity index is 2.30. The molecule has 0 spiro atoms. The van der Waals surface area contributed by atoms with Gasteiger partial charge in [0.05, 0.1) is 0 Å². The fourth-order valence-corrected chi connectivity index (χ4v) is 2.00. The molecule has 0 bridgehead atoms. The number of anilines is 2. The maximum Gasteiger partial charge on any atom is 0.433 e. The van der Waals surface area contributed by atoms with Crippen LogP contribution in [0.4, 0.5) is 24.9 Å². The maximum atomic E-state index is 12.8. The molecule has 1 aromatic heterocycles. The molecular weight excluding hydrogens is 257 g/mol. The average molecular weight is 274 g/mol. The molecule has 7 heteroatoms. The molecule has 1 aliphatic heterocycles. The van der Waals surface area contributed by atoms with E-state index >= 15 is 0 Å². The lowest BCUT2D eigenvalue weighted by Gasteiger charge is -2.19. The minimum Gasteiger partial charge on any atom is -0.356 e. The van der Waals surface area contributed by atoms with E-state index in [1.165, 1.54) is 0 Å². The van der Waals surface area contributed by atoms with Gasteiger partial charge >= 0.3 is 6.18 Å². The first kappa shape index (κ1) is 13.9. The van der Waals surface area contributed by atoms with Gasteiger partial charge in [0, 0.05) is 25.7 Å². The Bertz CT molecular complexity index is 427. The lowest BCUT2D eigenvalue weighted by Crippen LogP contribution is -2.22. The van der Waals surface area contributed by atoms with Crippen LogP contribution in [0.15, 0.2) is 6.07 Å². The molecule has 0 aliphatic carbocycles. The highest BCUT2D eigenvalue weighted by Gasteiger charge is 2.34. The summed E-state index contributed by atoms with van der Waals surface area (Å²) in [7, 11) is 0. The van der Waals surface area contributed by atoms with Crippen molar-refractivity contribution in [2.24, 2.45) is 0 Å². The molecule has 19 heavy (non-hydrogen) atoms. The molecule has 2 rings (SSSR count). The van der Waals surface area contributed by atoms with Crippen LogP contribution in [0, 0.1) is 0 Å². The normalized spacial score (nSPS) is 15.9. The quantitative estimate of drug-likeness (QED) is 0.916. The molecule has 2 heterocycles. The third kappa shape index (κ3) is 3.48. The lowest BCUT2D eigenvalue weighted by molar-refractivity contribution is -0.141. The molecule has 106 valence electrons. The molecule has 0 radical (unpaired) electrons. The van der Waals surface area contributed by atoms with Crippen LogP contribution in [-0.4, -0.2) is 29.6 Å². The van der Waals surface area contributed by atoms with Gasteiger partial charge in [-0.2, -0.15) is 18.2 Å². The molecule has 1 fully saturated rings. The minimum atomic E-state index is -4.44. The van der Waals surface area contributed by atoms with Crippen molar-refractivity contribution < 1.29 is 13.2 Å². The summed E-state index contributed by atoms with van der Waals surface area (Å²) in [6.07, 6.45) is -1.66. The Morgan fingerprint density at radius 3 is 2.53 bits per heavy atom. The molecular formula is C12H17F3N4. The number of hydrogen-bond acceptors (Lipinski definition) is 4. The molecule has 1 saturated heterocycles. The van der Waals surface area contributed by atoms with Crippen molar-refractivity contribution in [3.63, 3.8) is 0 Å². The van der Waals surface area contributed by atoms with Crippen LogP contribution in [0.5, 0.6) is 0 Å². The van der Waals surface area contributed by atoms with E-state index in [1.807, 2.05) is 11.8 Å². The summed E-state index contributed by atoms with van der Waals surface area (Å²) in [5, 5.41) is 2.82. The fourth-order valence-electron chi connectivity index (χ4n) is 2.00. The molecule has 0 atom stereocenters. The van der Waals surface area contributed by atoms with E-state index in [0.717, 1.165) is 38.4 Å². The monoisotopic (exact) mass is 274 g/mol. The van der Waals surface area contributed by atoms with E-state index < -0.39 is 11.9 Å². The number of nitrogens with zero attached hydrogens (tertiary/aromatic N) is 3. The van der Waals surface area contributed by atoms with Gasteiger partial charge in [-0.15, -0.1) is 0 Å². The maximum absolute atomic E-state index is 12.8. The van der Waals surface area contributed by atoms with Gasteiger partial charge in [-0.25, -0.2) is 4.98 Å². The zero-order valence-corrected chi connectivity index (χ0v) is 10.8. The van der Waals surface area contributed by atoms with Crippen molar-refractivity contribution >= 4 is 11.8 Å². The smallest absolute Gasteiger partial charge is 0.356 e. The van der Waals surface area contributed by atoms with Crippen LogP contribution >= 0.6 is 0 Å². The molecule has 0 unspecified atom stereocenters. The van der Waals surface area contributed by atoms with Crippen LogP contribution in [-0.2, 0) is 6.18 Å². The van der Waals surface area contributed by atoms with Crippen LogP contribution in [0.1, 0.15) is 31.9 Å². The molecule has 1 N–H and O–H groups in total. The van der Waals surface area contributed by atoms with Gasteiger partial charge in [0.1, 0.15) is 5.82 Å². The second kappa shape index (κ2) is 5.63. The third-order valence-corrected chi connectivity index (χ3v) is 2.97. The van der Waals surface area contributed by atoms with Gasteiger partial charge in [-0.1, -0.05) is 6.92 Å². The highest BCUT2D eigenvalue weighted by molar-refractivity contribution is 5.46. The van der Waals surface area contributed by atoms with Crippen molar-refractivity contribution in [3.8, 4) is 0 Å². The highest BCUT2D eigenvalue weighted by atomic mass is 19.4. The number of nitrogens with one attached hydrogen (secondary N) is 1. The summed E-state index contributed by atoms with van der Waals surface area (Å²) < 4.78 is 38.5. The number of rotatable bonds is 4. The number of aromatic nitrogens is 2. The topological polar surface area (TPSA) is 41.1 Å². The zero-order chi connectivity index (χ0) is 13.9. The van der Waals surface area contributed by atoms with Gasteiger partial charge in [0.2, 0.25) is 5.95 Å². The Morgan fingerprint density at radius 2 is 1.95 bits per heavy atom. The van der Waals surface area contributed by atoms with Crippen LogP contribution in [0.3, 0.4) is 0 Å². The molecule has 4 nitrogen and oxygen atoms in total. The summed E-state index contributed by atoms with van der Waals surface area (Å²) >= 11 is 0. The number of hydrogen-bond donors (Lipinski definition) is 1. The van der Waals surface area contributed by atoms with E-state index in [9.17, 15) is 13.2 Å². The van der Waals surface area contributed by atoms with Crippen LogP contribution < -0.4 is 10.2 Å². The molecule has 1 aromatic rings.